The number of anilines is 3. The molecule has 2 aromatic carbocycles. The van der Waals surface area contributed by atoms with E-state index in [9.17, 15) is 9.59 Å². The van der Waals surface area contributed by atoms with Crippen LogP contribution in [0, 0.1) is 5.92 Å². The van der Waals surface area contributed by atoms with Crippen LogP contribution >= 0.6 is 11.6 Å². The van der Waals surface area contributed by atoms with Crippen LogP contribution < -0.4 is 21.9 Å². The van der Waals surface area contributed by atoms with Gasteiger partial charge in [-0.1, -0.05) is 41.9 Å². The van der Waals surface area contributed by atoms with Gasteiger partial charge in [-0.2, -0.15) is 4.98 Å². The molecule has 5 rings (SSSR count). The average molecular weight is 487 g/mol. The Bertz CT molecular complexity index is 1540. The molecule has 2 aromatic heterocycles. The van der Waals surface area contributed by atoms with Crippen molar-refractivity contribution in [1.82, 2.24) is 14.5 Å². The first-order valence-corrected chi connectivity index (χ1v) is 11.5. The monoisotopic (exact) mass is 486 g/mol. The second-order valence-corrected chi connectivity index (χ2v) is 8.90. The summed E-state index contributed by atoms with van der Waals surface area (Å²) in [5.74, 6) is 0.394. The smallest absolute Gasteiger partial charge is 0.271 e. The number of fused-ring (bicyclic) bond motifs is 1. The standard InChI is InChI=1S/C26H23ClN6O2/c1-33-23-16(12-20(25(33)35)19-7-2-3-8-21(19)27)14-29-26(32-23)31-18-6-4-5-17(13-18)30-24(34)22(28)11-15-9-10-15/h2-8,11-15H,9-10,28H2,1H3,(H,30,34)(H,29,31,32). The Morgan fingerprint density at radius 2 is 1.89 bits per heavy atom. The molecule has 1 aliphatic carbocycles. The number of amides is 1. The van der Waals surface area contributed by atoms with Gasteiger partial charge in [-0.25, -0.2) is 4.98 Å². The van der Waals surface area contributed by atoms with E-state index in [1.165, 1.54) is 4.57 Å². The van der Waals surface area contributed by atoms with E-state index in [0.717, 1.165) is 12.8 Å². The number of carbonyl (C=O) groups excluding carboxylic acids is 1. The Labute approximate surface area is 206 Å². The molecule has 0 aliphatic heterocycles. The maximum atomic E-state index is 13.0. The number of pyridine rings is 1. The van der Waals surface area contributed by atoms with Crippen LogP contribution in [0.15, 0.2) is 77.4 Å². The fourth-order valence-corrected chi connectivity index (χ4v) is 4.02. The third-order valence-corrected chi connectivity index (χ3v) is 6.12. The van der Waals surface area contributed by atoms with Crippen molar-refractivity contribution in [2.45, 2.75) is 12.8 Å². The molecular formula is C26H23ClN6O2. The molecule has 1 saturated carbocycles. The predicted molar refractivity (Wildman–Crippen MR) is 139 cm³/mol. The summed E-state index contributed by atoms with van der Waals surface area (Å²) < 4.78 is 1.48. The highest BCUT2D eigenvalue weighted by Gasteiger charge is 2.20. The molecule has 1 aliphatic rings. The highest BCUT2D eigenvalue weighted by molar-refractivity contribution is 6.33. The van der Waals surface area contributed by atoms with E-state index in [1.54, 1.807) is 43.6 Å². The summed E-state index contributed by atoms with van der Waals surface area (Å²) in [5.41, 5.74) is 8.77. The summed E-state index contributed by atoms with van der Waals surface area (Å²) in [6.45, 7) is 0. The fourth-order valence-electron chi connectivity index (χ4n) is 3.78. The normalized spacial score (nSPS) is 13.6. The zero-order valence-corrected chi connectivity index (χ0v) is 19.7. The summed E-state index contributed by atoms with van der Waals surface area (Å²) in [4.78, 5) is 34.3. The number of allylic oxidation sites excluding steroid dienone is 1. The Morgan fingerprint density at radius 3 is 2.66 bits per heavy atom. The molecule has 0 radical (unpaired) electrons. The van der Waals surface area contributed by atoms with Crippen LogP contribution in [0.5, 0.6) is 0 Å². The molecule has 1 fully saturated rings. The quantitative estimate of drug-likeness (QED) is 0.343. The number of nitrogens with two attached hydrogens (primary N) is 1. The molecule has 0 unspecified atom stereocenters. The number of benzene rings is 2. The maximum Gasteiger partial charge on any atom is 0.271 e. The van der Waals surface area contributed by atoms with Crippen LogP contribution in [0.1, 0.15) is 12.8 Å². The van der Waals surface area contributed by atoms with Crippen molar-refractivity contribution in [2.24, 2.45) is 18.7 Å². The van der Waals surface area contributed by atoms with Gasteiger partial charge < -0.3 is 16.4 Å². The van der Waals surface area contributed by atoms with Gasteiger partial charge in [0.1, 0.15) is 5.65 Å². The van der Waals surface area contributed by atoms with Crippen molar-refractivity contribution in [3.8, 4) is 11.1 Å². The fraction of sp³-hybridized carbons (Fsp3) is 0.154. The SMILES string of the molecule is Cn1c(=O)c(-c2ccccc2Cl)cc2cnc(Nc3cccc(NC(=O)C(N)=CC4CC4)c3)nc21. The number of hydrogen-bond donors (Lipinski definition) is 3. The molecule has 4 N–H and O–H groups in total. The maximum absolute atomic E-state index is 13.0. The predicted octanol–water partition coefficient (Wildman–Crippen LogP) is 4.58. The van der Waals surface area contributed by atoms with Crippen molar-refractivity contribution in [1.29, 1.82) is 0 Å². The van der Waals surface area contributed by atoms with Crippen molar-refractivity contribution < 1.29 is 4.79 Å². The largest absolute Gasteiger partial charge is 0.395 e. The lowest BCUT2D eigenvalue weighted by molar-refractivity contribution is -0.112. The van der Waals surface area contributed by atoms with E-state index in [4.69, 9.17) is 17.3 Å². The first-order valence-electron chi connectivity index (χ1n) is 11.2. The molecule has 8 nitrogen and oxygen atoms in total. The number of aromatic nitrogens is 3. The molecule has 0 bridgehead atoms. The Morgan fingerprint density at radius 1 is 1.11 bits per heavy atom. The van der Waals surface area contributed by atoms with Gasteiger partial charge >= 0.3 is 0 Å². The van der Waals surface area contributed by atoms with E-state index >= 15 is 0 Å². The zero-order valence-electron chi connectivity index (χ0n) is 19.0. The summed E-state index contributed by atoms with van der Waals surface area (Å²) in [5, 5.41) is 7.13. The Balaban J connectivity index is 1.40. The summed E-state index contributed by atoms with van der Waals surface area (Å²) in [7, 11) is 1.66. The second-order valence-electron chi connectivity index (χ2n) is 8.49. The van der Waals surface area contributed by atoms with Crippen LogP contribution in [0.2, 0.25) is 5.02 Å². The van der Waals surface area contributed by atoms with Crippen LogP contribution in [-0.4, -0.2) is 20.4 Å². The third kappa shape index (κ3) is 4.88. The van der Waals surface area contributed by atoms with Gasteiger partial charge in [-0.15, -0.1) is 0 Å². The molecule has 35 heavy (non-hydrogen) atoms. The van der Waals surface area contributed by atoms with Gasteiger partial charge in [-0.3, -0.25) is 14.2 Å². The van der Waals surface area contributed by atoms with E-state index in [1.807, 2.05) is 30.3 Å². The van der Waals surface area contributed by atoms with Gasteiger partial charge in [0, 0.05) is 46.2 Å². The molecule has 9 heteroatoms. The second kappa shape index (κ2) is 9.23. The molecule has 176 valence electrons. The lowest BCUT2D eigenvalue weighted by Crippen LogP contribution is -2.20. The minimum absolute atomic E-state index is 0.211. The van der Waals surface area contributed by atoms with Crippen LogP contribution in [0.25, 0.3) is 22.2 Å². The molecule has 1 amide bonds. The summed E-state index contributed by atoms with van der Waals surface area (Å²) in [6.07, 6.45) is 5.61. The number of rotatable bonds is 6. The molecule has 0 saturated heterocycles. The van der Waals surface area contributed by atoms with Crippen LogP contribution in [0.4, 0.5) is 17.3 Å². The van der Waals surface area contributed by atoms with Gasteiger partial charge in [0.25, 0.3) is 11.5 Å². The van der Waals surface area contributed by atoms with Crippen LogP contribution in [-0.2, 0) is 11.8 Å². The molecule has 4 aromatic rings. The minimum Gasteiger partial charge on any atom is -0.395 e. The molecular weight excluding hydrogens is 464 g/mol. The number of nitrogens with zero attached hydrogens (tertiary/aromatic N) is 3. The molecule has 0 atom stereocenters. The summed E-state index contributed by atoms with van der Waals surface area (Å²) in [6, 6.07) is 16.1. The Kier molecular flexibility index (Phi) is 5.96. The summed E-state index contributed by atoms with van der Waals surface area (Å²) >= 11 is 6.31. The van der Waals surface area contributed by atoms with Crippen molar-refractivity contribution in [3.05, 3.63) is 87.9 Å². The van der Waals surface area contributed by atoms with E-state index < -0.39 is 0 Å². The molecule has 0 spiro atoms. The van der Waals surface area contributed by atoms with E-state index in [0.29, 0.717) is 50.4 Å². The Hall–Kier alpha value is -4.17. The van der Waals surface area contributed by atoms with E-state index in [-0.39, 0.29) is 17.2 Å². The number of nitrogens with one attached hydrogen (secondary N) is 2. The molecule has 2 heterocycles. The lowest BCUT2D eigenvalue weighted by atomic mass is 10.1. The minimum atomic E-state index is -0.333. The highest BCUT2D eigenvalue weighted by atomic mass is 35.5. The third-order valence-electron chi connectivity index (χ3n) is 5.79. The number of halogens is 1. The lowest BCUT2D eigenvalue weighted by Gasteiger charge is -2.12. The first-order chi connectivity index (χ1) is 16.9. The average Bonchev–Trinajstić information content (AvgIpc) is 3.66. The number of hydrogen-bond acceptors (Lipinski definition) is 6. The zero-order chi connectivity index (χ0) is 24.5. The number of aryl methyl sites for hydroxylation is 1. The van der Waals surface area contributed by atoms with Gasteiger partial charge in [0.15, 0.2) is 0 Å². The highest BCUT2D eigenvalue weighted by Crippen LogP contribution is 2.31. The van der Waals surface area contributed by atoms with Crippen LogP contribution in [0.3, 0.4) is 0 Å². The van der Waals surface area contributed by atoms with Crippen molar-refractivity contribution in [2.75, 3.05) is 10.6 Å². The topological polar surface area (TPSA) is 115 Å². The number of carbonyl (C=O) groups is 1. The van der Waals surface area contributed by atoms with Gasteiger partial charge in [0.05, 0.1) is 5.70 Å². The van der Waals surface area contributed by atoms with E-state index in [2.05, 4.69) is 20.6 Å². The van der Waals surface area contributed by atoms with Gasteiger partial charge in [0.2, 0.25) is 5.95 Å². The van der Waals surface area contributed by atoms with Gasteiger partial charge in [-0.05, 0) is 49.1 Å². The van der Waals surface area contributed by atoms with Crippen molar-refractivity contribution in [3.63, 3.8) is 0 Å². The van der Waals surface area contributed by atoms with Crippen molar-refractivity contribution >= 4 is 45.9 Å². The first kappa shape index (κ1) is 22.6.